The maximum atomic E-state index is 9.96. The van der Waals surface area contributed by atoms with E-state index in [0.717, 1.165) is 64.4 Å². The average molecular weight is 503 g/mol. The Morgan fingerprint density at radius 2 is 2.00 bits per heavy atom. The fourth-order valence-corrected chi connectivity index (χ4v) is 4.83. The van der Waals surface area contributed by atoms with Gasteiger partial charge in [-0.25, -0.2) is 9.97 Å². The zero-order chi connectivity index (χ0) is 26.1. The highest BCUT2D eigenvalue weighted by molar-refractivity contribution is 5.92. The van der Waals surface area contributed by atoms with Gasteiger partial charge in [0.1, 0.15) is 23.6 Å². The molecule has 0 amide bonds. The number of hydrogen-bond donors (Lipinski definition) is 2. The van der Waals surface area contributed by atoms with Crippen LogP contribution in [-0.4, -0.2) is 57.0 Å². The van der Waals surface area contributed by atoms with Crippen molar-refractivity contribution in [3.8, 4) is 17.2 Å². The van der Waals surface area contributed by atoms with Gasteiger partial charge in [-0.3, -0.25) is 0 Å². The van der Waals surface area contributed by atoms with Gasteiger partial charge in [0.15, 0.2) is 5.82 Å². The number of aliphatic hydroxyl groups excluding tert-OH is 1. The Morgan fingerprint density at radius 1 is 1.16 bits per heavy atom. The van der Waals surface area contributed by atoms with Crippen LogP contribution in [0.25, 0.3) is 16.6 Å². The standard InChI is InChI=1S/C28H34N6O3/c1-17(2)37-22-8-9-23-24(13-22)30-28(32-27(23)34-10-6-7-20(34)15-35)31-26-14-33(16-29-26)21-11-18(3)19(4)25(12-21)36-5/h8-9,11-14,16-17,20,35H,6-7,10,15H2,1-5H3,(H,30,31,32)/t20-/m0/s1. The molecular weight excluding hydrogens is 468 g/mol. The number of nitrogens with zero attached hydrogens (tertiary/aromatic N) is 5. The molecule has 1 aliphatic rings. The van der Waals surface area contributed by atoms with Crippen LogP contribution in [0.4, 0.5) is 17.6 Å². The smallest absolute Gasteiger partial charge is 0.230 e. The minimum Gasteiger partial charge on any atom is -0.496 e. The van der Waals surface area contributed by atoms with E-state index in [1.54, 1.807) is 13.4 Å². The van der Waals surface area contributed by atoms with E-state index in [9.17, 15) is 5.11 Å². The van der Waals surface area contributed by atoms with E-state index in [4.69, 9.17) is 19.4 Å². The molecule has 0 bridgehead atoms. The van der Waals surface area contributed by atoms with E-state index in [-0.39, 0.29) is 18.8 Å². The third-order valence-corrected chi connectivity index (χ3v) is 6.82. The van der Waals surface area contributed by atoms with Gasteiger partial charge in [0, 0.05) is 24.1 Å². The summed E-state index contributed by atoms with van der Waals surface area (Å²) in [4.78, 5) is 16.4. The summed E-state index contributed by atoms with van der Waals surface area (Å²) in [5.41, 5.74) is 3.99. The quantitative estimate of drug-likeness (QED) is 0.350. The molecule has 1 aliphatic heterocycles. The van der Waals surface area contributed by atoms with Gasteiger partial charge in [0.2, 0.25) is 5.95 Å². The van der Waals surface area contributed by atoms with Gasteiger partial charge in [0.25, 0.3) is 0 Å². The van der Waals surface area contributed by atoms with Crippen LogP contribution in [-0.2, 0) is 0 Å². The normalized spacial score (nSPS) is 15.5. The van der Waals surface area contributed by atoms with Crippen LogP contribution >= 0.6 is 0 Å². The molecule has 37 heavy (non-hydrogen) atoms. The number of fused-ring (bicyclic) bond motifs is 1. The molecule has 9 heteroatoms. The monoisotopic (exact) mass is 502 g/mol. The van der Waals surface area contributed by atoms with Gasteiger partial charge in [-0.15, -0.1) is 0 Å². The molecule has 2 aromatic heterocycles. The van der Waals surface area contributed by atoms with Crippen molar-refractivity contribution in [2.45, 2.75) is 52.7 Å². The number of aromatic nitrogens is 4. The summed E-state index contributed by atoms with van der Waals surface area (Å²) in [6.07, 6.45) is 5.66. The number of ether oxygens (including phenoxy) is 2. The lowest BCUT2D eigenvalue weighted by atomic mass is 10.1. The topological polar surface area (TPSA) is 97.6 Å². The summed E-state index contributed by atoms with van der Waals surface area (Å²) in [6.45, 7) is 9.04. The van der Waals surface area contributed by atoms with E-state index in [2.05, 4.69) is 28.2 Å². The Kier molecular flexibility index (Phi) is 6.88. The number of anilines is 3. The summed E-state index contributed by atoms with van der Waals surface area (Å²) in [7, 11) is 1.68. The first-order valence-electron chi connectivity index (χ1n) is 12.7. The zero-order valence-electron chi connectivity index (χ0n) is 22.0. The number of hydrogen-bond acceptors (Lipinski definition) is 8. The highest BCUT2D eigenvalue weighted by atomic mass is 16.5. The molecule has 2 N–H and O–H groups in total. The highest BCUT2D eigenvalue weighted by Gasteiger charge is 2.27. The van der Waals surface area contributed by atoms with Gasteiger partial charge in [-0.2, -0.15) is 4.98 Å². The van der Waals surface area contributed by atoms with Crippen molar-refractivity contribution in [2.75, 3.05) is 30.5 Å². The molecule has 5 rings (SSSR count). The molecule has 0 spiro atoms. The largest absolute Gasteiger partial charge is 0.496 e. The number of nitrogens with one attached hydrogen (secondary N) is 1. The third-order valence-electron chi connectivity index (χ3n) is 6.82. The fraction of sp³-hybridized carbons (Fsp3) is 0.393. The number of methoxy groups -OCH3 is 1. The molecule has 1 atom stereocenters. The first-order chi connectivity index (χ1) is 17.9. The lowest BCUT2D eigenvalue weighted by Crippen LogP contribution is -2.33. The van der Waals surface area contributed by atoms with E-state index in [0.29, 0.717) is 11.8 Å². The molecule has 3 heterocycles. The number of aryl methyl sites for hydroxylation is 1. The fourth-order valence-electron chi connectivity index (χ4n) is 4.83. The maximum Gasteiger partial charge on any atom is 0.230 e. The van der Waals surface area contributed by atoms with Crippen LogP contribution in [0.1, 0.15) is 37.8 Å². The van der Waals surface area contributed by atoms with Crippen molar-refractivity contribution >= 4 is 28.5 Å². The first-order valence-corrected chi connectivity index (χ1v) is 12.7. The Bertz CT molecular complexity index is 1420. The molecule has 0 aliphatic carbocycles. The lowest BCUT2D eigenvalue weighted by molar-refractivity contribution is 0.242. The predicted octanol–water partition coefficient (Wildman–Crippen LogP) is 4.93. The van der Waals surface area contributed by atoms with Crippen molar-refractivity contribution < 1.29 is 14.6 Å². The summed E-state index contributed by atoms with van der Waals surface area (Å²) < 4.78 is 13.4. The molecule has 4 aromatic rings. The molecule has 9 nitrogen and oxygen atoms in total. The average Bonchev–Trinajstić information content (AvgIpc) is 3.54. The van der Waals surface area contributed by atoms with Crippen LogP contribution in [0.2, 0.25) is 0 Å². The molecule has 194 valence electrons. The molecule has 0 radical (unpaired) electrons. The second-order valence-electron chi connectivity index (χ2n) is 9.77. The molecule has 2 aromatic carbocycles. The summed E-state index contributed by atoms with van der Waals surface area (Å²) in [6, 6.07) is 10.0. The van der Waals surface area contributed by atoms with Crippen LogP contribution in [0.3, 0.4) is 0 Å². The highest BCUT2D eigenvalue weighted by Crippen LogP contribution is 2.33. The predicted molar refractivity (Wildman–Crippen MR) is 146 cm³/mol. The van der Waals surface area contributed by atoms with Gasteiger partial charge in [-0.1, -0.05) is 0 Å². The van der Waals surface area contributed by atoms with Gasteiger partial charge in [-0.05, 0) is 69.9 Å². The molecule has 0 saturated carbocycles. The van der Waals surface area contributed by atoms with Crippen molar-refractivity contribution in [3.05, 3.63) is 54.0 Å². The number of rotatable bonds is 8. The maximum absolute atomic E-state index is 9.96. The Hall–Kier alpha value is -3.85. The summed E-state index contributed by atoms with van der Waals surface area (Å²) >= 11 is 0. The van der Waals surface area contributed by atoms with Crippen molar-refractivity contribution in [1.29, 1.82) is 0 Å². The van der Waals surface area contributed by atoms with Crippen LogP contribution in [0.15, 0.2) is 42.9 Å². The Labute approximate surface area is 217 Å². The van der Waals surface area contributed by atoms with Crippen LogP contribution in [0, 0.1) is 13.8 Å². The minimum absolute atomic E-state index is 0.0384. The van der Waals surface area contributed by atoms with Crippen LogP contribution in [0.5, 0.6) is 11.5 Å². The number of imidazole rings is 1. The molecular formula is C28H34N6O3. The third kappa shape index (κ3) is 5.04. The summed E-state index contributed by atoms with van der Waals surface area (Å²) in [5.74, 6) is 3.46. The van der Waals surface area contributed by atoms with Crippen molar-refractivity contribution in [2.24, 2.45) is 0 Å². The summed E-state index contributed by atoms with van der Waals surface area (Å²) in [5, 5.41) is 14.2. The Balaban J connectivity index is 1.51. The number of aliphatic hydroxyl groups is 1. The molecule has 0 unspecified atom stereocenters. The van der Waals surface area contributed by atoms with Crippen LogP contribution < -0.4 is 19.7 Å². The first kappa shape index (κ1) is 24.8. The van der Waals surface area contributed by atoms with E-state index in [1.807, 2.05) is 55.8 Å². The van der Waals surface area contributed by atoms with Crippen molar-refractivity contribution in [3.63, 3.8) is 0 Å². The van der Waals surface area contributed by atoms with Gasteiger partial charge >= 0.3 is 0 Å². The zero-order valence-corrected chi connectivity index (χ0v) is 22.0. The SMILES string of the molecule is COc1cc(-n2cnc(Nc3nc(N4CCC[C@H]4CO)c4ccc(OC(C)C)cc4n3)c2)cc(C)c1C. The Morgan fingerprint density at radius 3 is 2.76 bits per heavy atom. The number of benzene rings is 2. The van der Waals surface area contributed by atoms with E-state index >= 15 is 0 Å². The van der Waals surface area contributed by atoms with E-state index < -0.39 is 0 Å². The second kappa shape index (κ2) is 10.3. The second-order valence-corrected chi connectivity index (χ2v) is 9.77. The van der Waals surface area contributed by atoms with E-state index in [1.165, 1.54) is 0 Å². The van der Waals surface area contributed by atoms with Crippen molar-refractivity contribution in [1.82, 2.24) is 19.5 Å². The lowest BCUT2D eigenvalue weighted by Gasteiger charge is -2.26. The molecule has 1 fully saturated rings. The van der Waals surface area contributed by atoms with Gasteiger partial charge in [0.05, 0.1) is 43.3 Å². The van der Waals surface area contributed by atoms with Gasteiger partial charge < -0.3 is 29.4 Å². The minimum atomic E-state index is 0.0384. The molecule has 1 saturated heterocycles.